The number of ether oxygens (including phenoxy) is 2. The summed E-state index contributed by atoms with van der Waals surface area (Å²) in [5.41, 5.74) is 3.00. The Kier molecular flexibility index (Phi) is 8.93. The van der Waals surface area contributed by atoms with E-state index in [-0.39, 0.29) is 25.0 Å². The predicted octanol–water partition coefficient (Wildman–Crippen LogP) is 4.77. The molecule has 0 radical (unpaired) electrons. The van der Waals surface area contributed by atoms with Gasteiger partial charge in [0, 0.05) is 13.1 Å². The molecule has 0 aliphatic carbocycles. The van der Waals surface area contributed by atoms with Gasteiger partial charge in [0.2, 0.25) is 5.91 Å². The van der Waals surface area contributed by atoms with Crippen LogP contribution in [0.1, 0.15) is 23.6 Å². The standard InChI is InChI=1S/C27H29ClN2O4/c1-19-8-10-21(11-9-19)16-29-27(32)20(2)30(17-22-12-14-23(33-3)15-13-22)26(31)18-34-25-7-5-4-6-24(25)28/h4-15,20H,16-18H2,1-3H3,(H,29,32)/t20-/m0/s1. The summed E-state index contributed by atoms with van der Waals surface area (Å²) in [6.45, 7) is 4.10. The number of carbonyl (C=O) groups is 2. The average molecular weight is 481 g/mol. The first-order chi connectivity index (χ1) is 16.4. The van der Waals surface area contributed by atoms with Gasteiger partial charge in [0.05, 0.1) is 12.1 Å². The van der Waals surface area contributed by atoms with E-state index in [4.69, 9.17) is 21.1 Å². The van der Waals surface area contributed by atoms with Crippen LogP contribution in [-0.4, -0.2) is 36.5 Å². The SMILES string of the molecule is COc1ccc(CN(C(=O)COc2ccccc2Cl)[C@@H](C)C(=O)NCc2ccc(C)cc2)cc1. The number of benzene rings is 3. The molecule has 6 nitrogen and oxygen atoms in total. The van der Waals surface area contributed by atoms with Gasteiger partial charge in [-0.2, -0.15) is 0 Å². The molecule has 3 aromatic carbocycles. The monoisotopic (exact) mass is 480 g/mol. The highest BCUT2D eigenvalue weighted by Crippen LogP contribution is 2.23. The number of rotatable bonds is 10. The van der Waals surface area contributed by atoms with Crippen molar-refractivity contribution < 1.29 is 19.1 Å². The van der Waals surface area contributed by atoms with Crippen molar-refractivity contribution in [1.82, 2.24) is 10.2 Å². The first kappa shape index (κ1) is 25.1. The van der Waals surface area contributed by atoms with E-state index in [1.54, 1.807) is 38.3 Å². The molecule has 0 unspecified atom stereocenters. The smallest absolute Gasteiger partial charge is 0.261 e. The van der Waals surface area contributed by atoms with Crippen molar-refractivity contribution >= 4 is 23.4 Å². The first-order valence-corrected chi connectivity index (χ1v) is 11.4. The maximum absolute atomic E-state index is 13.2. The summed E-state index contributed by atoms with van der Waals surface area (Å²) in [7, 11) is 1.59. The molecule has 2 amide bonds. The molecule has 0 spiro atoms. The zero-order chi connectivity index (χ0) is 24.5. The third-order valence-corrected chi connectivity index (χ3v) is 5.77. The van der Waals surface area contributed by atoms with Crippen molar-refractivity contribution in [2.45, 2.75) is 33.0 Å². The molecule has 0 fully saturated rings. The first-order valence-electron chi connectivity index (χ1n) is 11.0. The molecule has 0 saturated heterocycles. The van der Waals surface area contributed by atoms with Crippen LogP contribution in [0.4, 0.5) is 0 Å². The highest BCUT2D eigenvalue weighted by atomic mass is 35.5. The number of carbonyl (C=O) groups excluding carboxylic acids is 2. The van der Waals surface area contributed by atoms with Crippen LogP contribution in [0.2, 0.25) is 5.02 Å². The fraction of sp³-hybridized carbons (Fsp3) is 0.259. The summed E-state index contributed by atoms with van der Waals surface area (Å²) in [6, 6.07) is 21.5. The molecule has 0 aliphatic rings. The van der Waals surface area contributed by atoms with Crippen LogP contribution in [0.25, 0.3) is 0 Å². The quantitative estimate of drug-likeness (QED) is 0.454. The number of halogens is 1. The molecular weight excluding hydrogens is 452 g/mol. The molecule has 0 aliphatic heterocycles. The Hall–Kier alpha value is -3.51. The predicted molar refractivity (Wildman–Crippen MR) is 133 cm³/mol. The van der Waals surface area contributed by atoms with Crippen molar-refractivity contribution in [3.63, 3.8) is 0 Å². The molecule has 178 valence electrons. The Labute approximate surface area is 205 Å². The summed E-state index contributed by atoms with van der Waals surface area (Å²) in [4.78, 5) is 27.6. The Morgan fingerprint density at radius 2 is 1.62 bits per heavy atom. The number of para-hydroxylation sites is 1. The fourth-order valence-corrected chi connectivity index (χ4v) is 3.53. The number of hydrogen-bond donors (Lipinski definition) is 1. The van der Waals surface area contributed by atoms with Crippen LogP contribution in [-0.2, 0) is 22.7 Å². The molecule has 3 rings (SSSR count). The summed E-state index contributed by atoms with van der Waals surface area (Å²) in [5, 5.41) is 3.34. The Morgan fingerprint density at radius 3 is 2.26 bits per heavy atom. The summed E-state index contributed by atoms with van der Waals surface area (Å²) in [6.07, 6.45) is 0. The van der Waals surface area contributed by atoms with Crippen molar-refractivity contribution in [1.29, 1.82) is 0 Å². The molecular formula is C27H29ClN2O4. The van der Waals surface area contributed by atoms with E-state index in [0.717, 1.165) is 16.7 Å². The van der Waals surface area contributed by atoms with Gasteiger partial charge >= 0.3 is 0 Å². The second-order valence-corrected chi connectivity index (χ2v) is 8.38. The van der Waals surface area contributed by atoms with Crippen LogP contribution in [0, 0.1) is 6.92 Å². The molecule has 0 bridgehead atoms. The van der Waals surface area contributed by atoms with Crippen LogP contribution in [0.3, 0.4) is 0 Å². The van der Waals surface area contributed by atoms with Gasteiger partial charge in [-0.05, 0) is 49.2 Å². The lowest BCUT2D eigenvalue weighted by atomic mass is 10.1. The van der Waals surface area contributed by atoms with Gasteiger partial charge in [0.25, 0.3) is 5.91 Å². The molecule has 0 heterocycles. The summed E-state index contributed by atoms with van der Waals surface area (Å²) < 4.78 is 10.9. The van der Waals surface area contributed by atoms with E-state index in [0.29, 0.717) is 23.1 Å². The Bertz CT molecular complexity index is 1100. The Morgan fingerprint density at radius 1 is 0.971 bits per heavy atom. The zero-order valence-electron chi connectivity index (χ0n) is 19.6. The highest BCUT2D eigenvalue weighted by molar-refractivity contribution is 6.32. The largest absolute Gasteiger partial charge is 0.497 e. The molecule has 0 aromatic heterocycles. The number of amides is 2. The van der Waals surface area contributed by atoms with Crippen molar-refractivity contribution in [2.24, 2.45) is 0 Å². The minimum atomic E-state index is -0.713. The number of nitrogens with zero attached hydrogens (tertiary/aromatic N) is 1. The fourth-order valence-electron chi connectivity index (χ4n) is 3.34. The normalized spacial score (nSPS) is 11.4. The molecule has 34 heavy (non-hydrogen) atoms. The molecule has 3 aromatic rings. The maximum atomic E-state index is 13.2. The molecule has 1 N–H and O–H groups in total. The topological polar surface area (TPSA) is 67.9 Å². The van der Waals surface area contributed by atoms with E-state index in [1.165, 1.54) is 4.90 Å². The van der Waals surface area contributed by atoms with Gasteiger partial charge in [-0.25, -0.2) is 0 Å². The van der Waals surface area contributed by atoms with E-state index >= 15 is 0 Å². The Balaban J connectivity index is 1.71. The van der Waals surface area contributed by atoms with E-state index in [1.807, 2.05) is 55.5 Å². The van der Waals surface area contributed by atoms with Crippen molar-refractivity contribution in [3.05, 3.63) is 94.5 Å². The summed E-state index contributed by atoms with van der Waals surface area (Å²) in [5.74, 6) is 0.555. The van der Waals surface area contributed by atoms with Gasteiger partial charge in [-0.1, -0.05) is 65.7 Å². The van der Waals surface area contributed by atoms with E-state index in [2.05, 4.69) is 5.32 Å². The van der Waals surface area contributed by atoms with E-state index < -0.39 is 6.04 Å². The lowest BCUT2D eigenvalue weighted by Gasteiger charge is -2.29. The maximum Gasteiger partial charge on any atom is 0.261 e. The lowest BCUT2D eigenvalue weighted by Crippen LogP contribution is -2.48. The highest BCUT2D eigenvalue weighted by Gasteiger charge is 2.26. The van der Waals surface area contributed by atoms with Gasteiger partial charge in [0.1, 0.15) is 17.5 Å². The van der Waals surface area contributed by atoms with Gasteiger partial charge in [0.15, 0.2) is 6.61 Å². The van der Waals surface area contributed by atoms with Crippen LogP contribution >= 0.6 is 11.6 Å². The number of methoxy groups -OCH3 is 1. The number of nitrogens with one attached hydrogen (secondary N) is 1. The summed E-state index contributed by atoms with van der Waals surface area (Å²) >= 11 is 6.14. The molecule has 0 saturated carbocycles. The average Bonchev–Trinajstić information content (AvgIpc) is 2.86. The zero-order valence-corrected chi connectivity index (χ0v) is 20.3. The third kappa shape index (κ3) is 6.99. The van der Waals surface area contributed by atoms with Crippen LogP contribution in [0.15, 0.2) is 72.8 Å². The van der Waals surface area contributed by atoms with Gasteiger partial charge in [-0.15, -0.1) is 0 Å². The molecule has 1 atom stereocenters. The third-order valence-electron chi connectivity index (χ3n) is 5.45. The van der Waals surface area contributed by atoms with Gasteiger partial charge in [-0.3, -0.25) is 9.59 Å². The van der Waals surface area contributed by atoms with E-state index in [9.17, 15) is 9.59 Å². The van der Waals surface area contributed by atoms with Gasteiger partial charge < -0.3 is 19.7 Å². The minimum Gasteiger partial charge on any atom is -0.497 e. The second kappa shape index (κ2) is 12.1. The number of hydrogen-bond acceptors (Lipinski definition) is 4. The van der Waals surface area contributed by atoms with Crippen LogP contribution < -0.4 is 14.8 Å². The number of aryl methyl sites for hydroxylation is 1. The molecule has 7 heteroatoms. The second-order valence-electron chi connectivity index (χ2n) is 7.97. The van der Waals surface area contributed by atoms with Crippen molar-refractivity contribution in [2.75, 3.05) is 13.7 Å². The van der Waals surface area contributed by atoms with Crippen LogP contribution in [0.5, 0.6) is 11.5 Å². The minimum absolute atomic E-state index is 0.241. The van der Waals surface area contributed by atoms with Crippen molar-refractivity contribution in [3.8, 4) is 11.5 Å². The lowest BCUT2D eigenvalue weighted by molar-refractivity contribution is -0.142.